The number of halogens is 3. The molecule has 0 spiro atoms. The van der Waals surface area contributed by atoms with Gasteiger partial charge in [-0.25, -0.2) is 8.42 Å². The smallest absolute Gasteiger partial charge is 0.264 e. The Kier molecular flexibility index (Phi) is 11.2. The molecule has 7 nitrogen and oxygen atoms in total. The third-order valence-electron chi connectivity index (χ3n) is 7.45. The molecule has 1 aliphatic rings. The van der Waals surface area contributed by atoms with Gasteiger partial charge in [-0.05, 0) is 67.8 Å². The second-order valence-electron chi connectivity index (χ2n) is 10.3. The summed E-state index contributed by atoms with van der Waals surface area (Å²) in [7, 11) is -4.17. The maximum absolute atomic E-state index is 14.2. The van der Waals surface area contributed by atoms with Crippen LogP contribution in [0.25, 0.3) is 0 Å². The lowest BCUT2D eigenvalue weighted by Crippen LogP contribution is -2.54. The number of carbonyl (C=O) groups excluding carboxylic acids is 2. The van der Waals surface area contributed by atoms with Gasteiger partial charge in [0, 0.05) is 33.2 Å². The predicted octanol–water partition coefficient (Wildman–Crippen LogP) is 7.10. The van der Waals surface area contributed by atoms with Crippen LogP contribution in [0.3, 0.4) is 0 Å². The molecule has 1 fully saturated rings. The number of hydrogen-bond donors (Lipinski definition) is 1. The third kappa shape index (κ3) is 7.78. The number of sulfonamides is 1. The van der Waals surface area contributed by atoms with Gasteiger partial charge >= 0.3 is 0 Å². The maximum atomic E-state index is 14.2. The molecule has 0 aliphatic heterocycles. The van der Waals surface area contributed by atoms with E-state index in [4.69, 9.17) is 34.8 Å². The highest BCUT2D eigenvalue weighted by atomic mass is 35.5. The first kappa shape index (κ1) is 32.1. The van der Waals surface area contributed by atoms with Crippen LogP contribution in [0, 0.1) is 0 Å². The zero-order valence-corrected chi connectivity index (χ0v) is 26.4. The predicted molar refractivity (Wildman–Crippen MR) is 169 cm³/mol. The lowest BCUT2D eigenvalue weighted by Gasteiger charge is -2.34. The first-order valence-electron chi connectivity index (χ1n) is 14.0. The fourth-order valence-corrected chi connectivity index (χ4v) is 7.25. The summed E-state index contributed by atoms with van der Waals surface area (Å²) >= 11 is 19.1. The molecule has 1 atom stereocenters. The monoisotopic (exact) mass is 649 g/mol. The number of nitrogens with zero attached hydrogens (tertiary/aromatic N) is 2. The molecule has 224 valence electrons. The molecule has 0 bridgehead atoms. The van der Waals surface area contributed by atoms with E-state index >= 15 is 0 Å². The first-order valence-corrected chi connectivity index (χ1v) is 16.5. The van der Waals surface area contributed by atoms with Crippen molar-refractivity contribution in [2.45, 2.75) is 69.0 Å². The summed E-state index contributed by atoms with van der Waals surface area (Å²) in [6.45, 7) is 1.18. The van der Waals surface area contributed by atoms with Crippen molar-refractivity contribution in [2.75, 3.05) is 10.8 Å². The Balaban J connectivity index is 1.72. The molecular formula is C31H34Cl3N3O4S. The summed E-state index contributed by atoms with van der Waals surface area (Å²) in [5.41, 5.74) is 0.731. The van der Waals surface area contributed by atoms with Crippen LogP contribution in [0.4, 0.5) is 5.69 Å². The van der Waals surface area contributed by atoms with E-state index < -0.39 is 28.5 Å². The lowest BCUT2D eigenvalue weighted by atomic mass is 9.95. The van der Waals surface area contributed by atoms with Crippen molar-refractivity contribution >= 4 is 62.3 Å². The van der Waals surface area contributed by atoms with Crippen LogP contribution >= 0.6 is 34.8 Å². The highest BCUT2D eigenvalue weighted by molar-refractivity contribution is 7.92. The SMILES string of the molecule is CC[C@@H](C(=O)NC1CCCCC1)N(Cc1c(Cl)cccc1Cl)C(=O)CN(c1ccc(Cl)cc1)S(=O)(=O)c1ccccc1. The van der Waals surface area contributed by atoms with Crippen molar-refractivity contribution in [3.8, 4) is 0 Å². The molecule has 0 aromatic heterocycles. The van der Waals surface area contributed by atoms with Crippen LogP contribution < -0.4 is 9.62 Å². The van der Waals surface area contributed by atoms with E-state index in [-0.39, 0.29) is 29.1 Å². The van der Waals surface area contributed by atoms with Crippen LogP contribution in [0.5, 0.6) is 0 Å². The maximum Gasteiger partial charge on any atom is 0.264 e. The Hall–Kier alpha value is -2.78. The molecule has 3 aromatic carbocycles. The van der Waals surface area contributed by atoms with E-state index in [0.29, 0.717) is 27.1 Å². The van der Waals surface area contributed by atoms with E-state index in [0.717, 1.165) is 36.4 Å². The van der Waals surface area contributed by atoms with Crippen LogP contribution in [0.15, 0.2) is 77.7 Å². The molecule has 42 heavy (non-hydrogen) atoms. The minimum absolute atomic E-state index is 0.0236. The van der Waals surface area contributed by atoms with E-state index in [1.807, 2.05) is 6.92 Å². The first-order chi connectivity index (χ1) is 20.1. The lowest BCUT2D eigenvalue weighted by molar-refractivity contribution is -0.140. The zero-order chi connectivity index (χ0) is 30.3. The largest absolute Gasteiger partial charge is 0.352 e. The Labute approximate surface area is 262 Å². The molecule has 1 aliphatic carbocycles. The Morgan fingerprint density at radius 1 is 0.881 bits per heavy atom. The normalized spacial score (nSPS) is 14.7. The number of hydrogen-bond acceptors (Lipinski definition) is 4. The summed E-state index contributed by atoms with van der Waals surface area (Å²) in [5, 5.41) is 4.23. The number of anilines is 1. The van der Waals surface area contributed by atoms with E-state index in [1.165, 1.54) is 17.0 Å². The fourth-order valence-electron chi connectivity index (χ4n) is 5.17. The number of carbonyl (C=O) groups is 2. The molecule has 0 unspecified atom stereocenters. The fraction of sp³-hybridized carbons (Fsp3) is 0.355. The van der Waals surface area contributed by atoms with E-state index in [1.54, 1.807) is 60.7 Å². The van der Waals surface area contributed by atoms with E-state index in [9.17, 15) is 18.0 Å². The number of nitrogens with one attached hydrogen (secondary N) is 1. The Bertz CT molecular complexity index is 1460. The van der Waals surface area contributed by atoms with Crippen LogP contribution in [-0.4, -0.2) is 43.8 Å². The summed E-state index contributed by atoms with van der Waals surface area (Å²) in [5.74, 6) is -0.865. The minimum atomic E-state index is -4.17. The molecule has 2 amide bonds. The van der Waals surface area contributed by atoms with Crippen LogP contribution in [-0.2, 0) is 26.2 Å². The van der Waals surface area contributed by atoms with E-state index in [2.05, 4.69) is 5.32 Å². The summed E-state index contributed by atoms with van der Waals surface area (Å²) in [6, 6.07) is 18.2. The van der Waals surface area contributed by atoms with Crippen molar-refractivity contribution < 1.29 is 18.0 Å². The summed E-state index contributed by atoms with van der Waals surface area (Å²) < 4.78 is 28.8. The average molecular weight is 651 g/mol. The van der Waals surface area contributed by atoms with Crippen LogP contribution in [0.2, 0.25) is 15.1 Å². The van der Waals surface area contributed by atoms with Gasteiger partial charge in [0.05, 0.1) is 10.6 Å². The molecule has 4 rings (SSSR count). The highest BCUT2D eigenvalue weighted by Crippen LogP contribution is 2.29. The minimum Gasteiger partial charge on any atom is -0.352 e. The molecule has 11 heteroatoms. The second-order valence-corrected chi connectivity index (χ2v) is 13.4. The van der Waals surface area contributed by atoms with Crippen molar-refractivity contribution in [1.82, 2.24) is 10.2 Å². The zero-order valence-electron chi connectivity index (χ0n) is 23.3. The van der Waals surface area contributed by atoms with Gasteiger partial charge in [-0.3, -0.25) is 13.9 Å². The van der Waals surface area contributed by atoms with Gasteiger partial charge in [0.2, 0.25) is 11.8 Å². The standard InChI is InChI=1S/C31H34Cl3N3O4S/c1-2-29(31(39)35-23-10-5-3-6-11-23)36(20-26-27(33)14-9-15-28(26)34)30(38)21-37(24-18-16-22(32)17-19-24)42(40,41)25-12-7-4-8-13-25/h4,7-9,12-19,23,29H,2-3,5-6,10-11,20-21H2,1H3,(H,35,39)/t29-/m0/s1. The Morgan fingerprint density at radius 3 is 2.10 bits per heavy atom. The summed E-state index contributed by atoms with van der Waals surface area (Å²) in [6.07, 6.45) is 5.27. The quantitative estimate of drug-likeness (QED) is 0.240. The summed E-state index contributed by atoms with van der Waals surface area (Å²) in [4.78, 5) is 29.3. The van der Waals surface area contributed by atoms with Crippen molar-refractivity contribution in [1.29, 1.82) is 0 Å². The third-order valence-corrected chi connectivity index (χ3v) is 10.2. The molecule has 0 heterocycles. The van der Waals surface area contributed by atoms with Gasteiger partial charge in [0.1, 0.15) is 12.6 Å². The second kappa shape index (κ2) is 14.6. The van der Waals surface area contributed by atoms with Gasteiger partial charge in [-0.1, -0.05) is 85.3 Å². The average Bonchev–Trinajstić information content (AvgIpc) is 2.98. The van der Waals surface area contributed by atoms with Crippen molar-refractivity contribution in [3.63, 3.8) is 0 Å². The molecule has 1 saturated carbocycles. The number of rotatable bonds is 11. The number of benzene rings is 3. The van der Waals surface area contributed by atoms with Gasteiger partial charge < -0.3 is 10.2 Å². The number of amides is 2. The van der Waals surface area contributed by atoms with Crippen LogP contribution in [0.1, 0.15) is 51.0 Å². The molecule has 1 N–H and O–H groups in total. The highest BCUT2D eigenvalue weighted by Gasteiger charge is 2.35. The van der Waals surface area contributed by atoms with Gasteiger partial charge in [-0.15, -0.1) is 0 Å². The van der Waals surface area contributed by atoms with Crippen molar-refractivity contribution in [3.05, 3.63) is 93.4 Å². The molecule has 3 aromatic rings. The topological polar surface area (TPSA) is 86.8 Å². The van der Waals surface area contributed by atoms with Gasteiger partial charge in [0.25, 0.3) is 10.0 Å². The molecule has 0 radical (unpaired) electrons. The van der Waals surface area contributed by atoms with Gasteiger partial charge in [0.15, 0.2) is 0 Å². The van der Waals surface area contributed by atoms with Gasteiger partial charge in [-0.2, -0.15) is 0 Å². The molecular weight excluding hydrogens is 617 g/mol. The molecule has 0 saturated heterocycles. The Morgan fingerprint density at radius 2 is 1.50 bits per heavy atom. The van der Waals surface area contributed by atoms with Crippen molar-refractivity contribution in [2.24, 2.45) is 0 Å².